The molecule has 0 unspecified atom stereocenters. The first-order valence-corrected chi connectivity index (χ1v) is 8.02. The summed E-state index contributed by atoms with van der Waals surface area (Å²) < 4.78 is 13.9. The number of amides is 1. The zero-order chi connectivity index (χ0) is 14.9. The number of carbonyl (C=O) groups is 1. The minimum Gasteiger partial charge on any atom is -0.396 e. The topological polar surface area (TPSA) is 49.3 Å². The smallest absolute Gasteiger partial charge is 0.261 e. The number of carbonyl (C=O) groups excluding carboxylic acids is 1. The summed E-state index contributed by atoms with van der Waals surface area (Å²) in [6, 6.07) is 6.32. The van der Waals surface area contributed by atoms with Crippen LogP contribution in [0.1, 0.15) is 35.4 Å². The zero-order valence-corrected chi connectivity index (χ0v) is 12.5. The molecule has 3 nitrogen and oxygen atoms in total. The number of nitrogens with one attached hydrogen (secondary N) is 1. The number of thiophene rings is 1. The van der Waals surface area contributed by atoms with Gasteiger partial charge in [0.1, 0.15) is 5.82 Å². The molecule has 1 heterocycles. The van der Waals surface area contributed by atoms with Crippen LogP contribution in [-0.2, 0) is 0 Å². The van der Waals surface area contributed by atoms with Gasteiger partial charge in [-0.2, -0.15) is 0 Å². The molecule has 0 radical (unpaired) electrons. The summed E-state index contributed by atoms with van der Waals surface area (Å²) in [5, 5.41) is 13.4. The summed E-state index contributed by atoms with van der Waals surface area (Å²) in [5.41, 5.74) is -0.154. The van der Waals surface area contributed by atoms with Gasteiger partial charge in [-0.3, -0.25) is 4.79 Å². The molecule has 2 aromatic rings. The van der Waals surface area contributed by atoms with E-state index in [0.29, 0.717) is 11.4 Å². The maximum Gasteiger partial charge on any atom is 0.261 e. The van der Waals surface area contributed by atoms with E-state index in [1.54, 1.807) is 12.1 Å². The number of rotatable bonds is 4. The summed E-state index contributed by atoms with van der Waals surface area (Å²) in [6.45, 7) is 0.621. The first-order chi connectivity index (χ1) is 10.1. The number of aliphatic hydroxyl groups excluding tert-OH is 1. The van der Waals surface area contributed by atoms with Gasteiger partial charge in [-0.05, 0) is 36.4 Å². The lowest BCUT2D eigenvalue weighted by atomic mass is 9.87. The predicted octanol–water partition coefficient (Wildman–Crippen LogP) is 3.32. The molecule has 0 spiro atoms. The summed E-state index contributed by atoms with van der Waals surface area (Å²) in [4.78, 5) is 12.8. The van der Waals surface area contributed by atoms with Gasteiger partial charge in [0.2, 0.25) is 0 Å². The van der Waals surface area contributed by atoms with Crippen LogP contribution in [0, 0.1) is 11.2 Å². The van der Waals surface area contributed by atoms with Crippen molar-refractivity contribution in [3.63, 3.8) is 0 Å². The summed E-state index contributed by atoms with van der Waals surface area (Å²) in [5.74, 6) is -0.433. The standard InChI is InChI=1S/C16H18FNO2S/c17-12-4-3-11-7-14(21-13(11)8-12)15(20)18-9-16(10-19)5-1-2-6-16/h3-4,7-8,19H,1-2,5-6,9-10H2,(H,18,20). The molecule has 21 heavy (non-hydrogen) atoms. The number of halogens is 1. The Morgan fingerprint density at radius 2 is 2.10 bits per heavy atom. The van der Waals surface area contributed by atoms with Gasteiger partial charge >= 0.3 is 0 Å². The number of benzene rings is 1. The van der Waals surface area contributed by atoms with Gasteiger partial charge in [0.05, 0.1) is 11.5 Å². The van der Waals surface area contributed by atoms with Gasteiger partial charge in [-0.15, -0.1) is 11.3 Å². The molecular weight excluding hydrogens is 289 g/mol. The van der Waals surface area contributed by atoms with Gasteiger partial charge in [-0.25, -0.2) is 4.39 Å². The number of aliphatic hydroxyl groups is 1. The second kappa shape index (κ2) is 5.73. The Hall–Kier alpha value is -1.46. The fourth-order valence-electron chi connectivity index (χ4n) is 2.99. The molecule has 0 aliphatic heterocycles. The van der Waals surface area contributed by atoms with Crippen LogP contribution >= 0.6 is 11.3 Å². The molecule has 1 aromatic carbocycles. The normalized spacial score (nSPS) is 17.2. The first-order valence-electron chi connectivity index (χ1n) is 7.20. The maximum absolute atomic E-state index is 13.2. The van der Waals surface area contributed by atoms with Crippen molar-refractivity contribution in [1.82, 2.24) is 5.32 Å². The fourth-order valence-corrected chi connectivity index (χ4v) is 3.99. The number of hydrogen-bond acceptors (Lipinski definition) is 3. The molecule has 2 N–H and O–H groups in total. The van der Waals surface area contributed by atoms with Crippen molar-refractivity contribution >= 4 is 27.3 Å². The van der Waals surface area contributed by atoms with Crippen LogP contribution in [0.4, 0.5) is 4.39 Å². The van der Waals surface area contributed by atoms with Crippen molar-refractivity contribution in [2.24, 2.45) is 5.41 Å². The summed E-state index contributed by atoms with van der Waals surface area (Å²) in [7, 11) is 0. The van der Waals surface area contributed by atoms with Crippen molar-refractivity contribution in [2.45, 2.75) is 25.7 Å². The number of fused-ring (bicyclic) bond motifs is 1. The van der Waals surface area contributed by atoms with Crippen molar-refractivity contribution in [3.8, 4) is 0 Å². The van der Waals surface area contributed by atoms with Gasteiger partial charge in [0, 0.05) is 16.7 Å². The van der Waals surface area contributed by atoms with Crippen molar-refractivity contribution < 1.29 is 14.3 Å². The van der Waals surface area contributed by atoms with E-state index in [0.717, 1.165) is 35.8 Å². The maximum atomic E-state index is 13.2. The Labute approximate surface area is 126 Å². The lowest BCUT2D eigenvalue weighted by Crippen LogP contribution is -2.38. The van der Waals surface area contributed by atoms with Crippen LogP contribution < -0.4 is 5.32 Å². The van der Waals surface area contributed by atoms with Crippen LogP contribution in [0.2, 0.25) is 0 Å². The highest BCUT2D eigenvalue weighted by Gasteiger charge is 2.33. The Morgan fingerprint density at radius 3 is 2.81 bits per heavy atom. The molecule has 0 atom stereocenters. The van der Waals surface area contributed by atoms with Crippen molar-refractivity contribution in [3.05, 3.63) is 35.0 Å². The van der Waals surface area contributed by atoms with Crippen molar-refractivity contribution in [2.75, 3.05) is 13.2 Å². The van der Waals surface area contributed by atoms with E-state index in [1.807, 2.05) is 0 Å². The fraction of sp³-hybridized carbons (Fsp3) is 0.438. The van der Waals surface area contributed by atoms with Gasteiger partial charge < -0.3 is 10.4 Å². The average molecular weight is 307 g/mol. The predicted molar refractivity (Wildman–Crippen MR) is 82.1 cm³/mol. The monoisotopic (exact) mass is 307 g/mol. The highest BCUT2D eigenvalue weighted by atomic mass is 32.1. The van der Waals surface area contributed by atoms with E-state index in [2.05, 4.69) is 5.32 Å². The van der Waals surface area contributed by atoms with Crippen molar-refractivity contribution in [1.29, 1.82) is 0 Å². The third kappa shape index (κ3) is 2.94. The van der Waals surface area contributed by atoms with Gasteiger partial charge in [0.15, 0.2) is 0 Å². The average Bonchev–Trinajstić information content (AvgIpc) is 3.11. The highest BCUT2D eigenvalue weighted by Crippen LogP contribution is 2.37. The van der Waals surface area contributed by atoms with E-state index in [-0.39, 0.29) is 23.7 Å². The van der Waals surface area contributed by atoms with Crippen LogP contribution in [0.5, 0.6) is 0 Å². The molecule has 1 amide bonds. The second-order valence-electron chi connectivity index (χ2n) is 5.84. The SMILES string of the molecule is O=C(NCC1(CO)CCCC1)c1cc2ccc(F)cc2s1. The first kappa shape index (κ1) is 14.5. The molecule has 3 rings (SSSR count). The van der Waals surface area contributed by atoms with E-state index in [1.165, 1.54) is 23.5 Å². The molecule has 1 saturated carbocycles. The quantitative estimate of drug-likeness (QED) is 0.910. The van der Waals surface area contributed by atoms with E-state index in [4.69, 9.17) is 0 Å². The lowest BCUT2D eigenvalue weighted by Gasteiger charge is -2.26. The Morgan fingerprint density at radius 1 is 1.33 bits per heavy atom. The zero-order valence-electron chi connectivity index (χ0n) is 11.7. The summed E-state index contributed by atoms with van der Waals surface area (Å²) in [6.07, 6.45) is 4.14. The summed E-state index contributed by atoms with van der Waals surface area (Å²) >= 11 is 1.29. The molecule has 112 valence electrons. The minimum atomic E-state index is -0.290. The minimum absolute atomic E-state index is 0.116. The third-order valence-electron chi connectivity index (χ3n) is 4.33. The molecule has 5 heteroatoms. The van der Waals surface area contributed by atoms with Crippen LogP contribution in [0.3, 0.4) is 0 Å². The van der Waals surface area contributed by atoms with E-state index < -0.39 is 0 Å². The van der Waals surface area contributed by atoms with Gasteiger partial charge in [-0.1, -0.05) is 18.9 Å². The third-order valence-corrected chi connectivity index (χ3v) is 5.43. The van der Waals surface area contributed by atoms with Crippen LogP contribution in [0.25, 0.3) is 10.1 Å². The molecule has 1 fully saturated rings. The lowest BCUT2D eigenvalue weighted by molar-refractivity contribution is 0.0884. The largest absolute Gasteiger partial charge is 0.396 e. The number of hydrogen-bond donors (Lipinski definition) is 2. The van der Waals surface area contributed by atoms with Crippen LogP contribution in [-0.4, -0.2) is 24.2 Å². The molecule has 1 aromatic heterocycles. The van der Waals surface area contributed by atoms with E-state index >= 15 is 0 Å². The Kier molecular flexibility index (Phi) is 3.95. The van der Waals surface area contributed by atoms with Crippen LogP contribution in [0.15, 0.2) is 24.3 Å². The second-order valence-corrected chi connectivity index (χ2v) is 6.92. The van der Waals surface area contributed by atoms with Gasteiger partial charge in [0.25, 0.3) is 5.91 Å². The van der Waals surface area contributed by atoms with E-state index in [9.17, 15) is 14.3 Å². The Bertz CT molecular complexity index is 661. The molecular formula is C16H18FNO2S. The Balaban J connectivity index is 1.72. The molecule has 0 saturated heterocycles. The highest BCUT2D eigenvalue weighted by molar-refractivity contribution is 7.20. The molecule has 1 aliphatic carbocycles. The molecule has 1 aliphatic rings. The molecule has 0 bridgehead atoms.